The van der Waals surface area contributed by atoms with Crippen molar-refractivity contribution < 1.29 is 14.4 Å². The maximum Gasteiger partial charge on any atom is 0.243 e. The molecule has 0 saturated carbocycles. The van der Waals surface area contributed by atoms with Gasteiger partial charge in [-0.15, -0.1) is 0 Å². The van der Waals surface area contributed by atoms with Crippen molar-refractivity contribution in [1.29, 1.82) is 0 Å². The minimum Gasteiger partial charge on any atom is -0.350 e. The van der Waals surface area contributed by atoms with E-state index >= 15 is 0 Å². The van der Waals surface area contributed by atoms with Gasteiger partial charge in [0.25, 0.3) is 0 Å². The topological polar surface area (TPSA) is 66.5 Å². The first-order valence-electron chi connectivity index (χ1n) is 7.93. The first-order valence-corrected chi connectivity index (χ1v) is 7.93. The number of hydrogen-bond donors (Lipinski definition) is 1. The average Bonchev–Trinajstić information content (AvgIpc) is 2.84. The Kier molecular flexibility index (Phi) is 4.28. The van der Waals surface area contributed by atoms with Crippen LogP contribution in [0, 0.1) is 11.8 Å². The fourth-order valence-electron chi connectivity index (χ4n) is 3.26. The van der Waals surface area contributed by atoms with Crippen LogP contribution in [0.4, 0.5) is 0 Å². The second-order valence-corrected chi connectivity index (χ2v) is 6.08. The van der Waals surface area contributed by atoms with E-state index in [1.54, 1.807) is 6.92 Å². The Bertz CT molecular complexity index is 627. The highest BCUT2D eigenvalue weighted by molar-refractivity contribution is 6.08. The lowest BCUT2D eigenvalue weighted by Gasteiger charge is -2.22. The fourth-order valence-corrected chi connectivity index (χ4v) is 3.26. The van der Waals surface area contributed by atoms with Crippen molar-refractivity contribution in [3.63, 3.8) is 0 Å². The summed E-state index contributed by atoms with van der Waals surface area (Å²) in [5, 5.41) is 2.80. The van der Waals surface area contributed by atoms with Crippen LogP contribution in [0.1, 0.15) is 25.3 Å². The number of carbonyl (C=O) groups is 3. The number of allylic oxidation sites excluding steroid dienone is 2. The van der Waals surface area contributed by atoms with Crippen molar-refractivity contribution in [1.82, 2.24) is 10.2 Å². The number of rotatable bonds is 4. The maximum absolute atomic E-state index is 12.5. The molecule has 1 heterocycles. The van der Waals surface area contributed by atoms with Gasteiger partial charge in [0.2, 0.25) is 17.7 Å². The summed E-state index contributed by atoms with van der Waals surface area (Å²) in [4.78, 5) is 38.4. The standard InChI is InChI=1S/C18H20N2O3/c1-12(16(21)19-11-13-7-3-2-4-8-13)20-17(22)14-9-5-6-10-15(14)18(20)23/h2-8,12,14-15H,9-11H2,1H3,(H,19,21)/t12-,14-,15+/m0/s1. The molecule has 5 heteroatoms. The minimum atomic E-state index is -0.774. The Morgan fingerprint density at radius 2 is 1.70 bits per heavy atom. The summed E-state index contributed by atoms with van der Waals surface area (Å²) < 4.78 is 0. The molecule has 3 amide bonds. The number of nitrogens with zero attached hydrogens (tertiary/aromatic N) is 1. The number of likely N-dealkylation sites (tertiary alicyclic amines) is 1. The lowest BCUT2D eigenvalue weighted by Crippen LogP contribution is -2.48. The summed E-state index contributed by atoms with van der Waals surface area (Å²) >= 11 is 0. The molecular weight excluding hydrogens is 292 g/mol. The van der Waals surface area contributed by atoms with Gasteiger partial charge in [0, 0.05) is 6.54 Å². The summed E-state index contributed by atoms with van der Waals surface area (Å²) in [5.41, 5.74) is 0.977. The summed E-state index contributed by atoms with van der Waals surface area (Å²) in [6.07, 6.45) is 5.06. The summed E-state index contributed by atoms with van der Waals surface area (Å²) in [6, 6.07) is 8.76. The van der Waals surface area contributed by atoms with E-state index in [4.69, 9.17) is 0 Å². The van der Waals surface area contributed by atoms with E-state index in [2.05, 4.69) is 5.32 Å². The molecule has 0 bridgehead atoms. The average molecular weight is 312 g/mol. The van der Waals surface area contributed by atoms with Crippen molar-refractivity contribution >= 4 is 17.7 Å². The van der Waals surface area contributed by atoms with Crippen molar-refractivity contribution in [2.75, 3.05) is 0 Å². The molecule has 1 aromatic rings. The van der Waals surface area contributed by atoms with Gasteiger partial charge >= 0.3 is 0 Å². The van der Waals surface area contributed by atoms with Crippen LogP contribution in [0.15, 0.2) is 42.5 Å². The van der Waals surface area contributed by atoms with Crippen LogP contribution < -0.4 is 5.32 Å². The summed E-state index contributed by atoms with van der Waals surface area (Å²) in [7, 11) is 0. The predicted molar refractivity (Wildman–Crippen MR) is 85.0 cm³/mol. The zero-order valence-electron chi connectivity index (χ0n) is 13.1. The van der Waals surface area contributed by atoms with E-state index in [0.717, 1.165) is 10.5 Å². The summed E-state index contributed by atoms with van der Waals surface area (Å²) in [5.74, 6) is -1.32. The lowest BCUT2D eigenvalue weighted by atomic mass is 9.85. The van der Waals surface area contributed by atoms with Gasteiger partial charge in [-0.25, -0.2) is 0 Å². The van der Waals surface area contributed by atoms with Crippen LogP contribution in [0.3, 0.4) is 0 Å². The molecule has 1 fully saturated rings. The Balaban J connectivity index is 1.65. The molecule has 0 spiro atoms. The third-order valence-electron chi connectivity index (χ3n) is 4.62. The Labute approximate surface area is 135 Å². The van der Waals surface area contributed by atoms with Gasteiger partial charge in [0.15, 0.2) is 0 Å². The van der Waals surface area contributed by atoms with E-state index < -0.39 is 6.04 Å². The first-order chi connectivity index (χ1) is 11.1. The van der Waals surface area contributed by atoms with Crippen LogP contribution in [0.2, 0.25) is 0 Å². The number of nitrogens with one attached hydrogen (secondary N) is 1. The van der Waals surface area contributed by atoms with Crippen molar-refractivity contribution in [3.8, 4) is 0 Å². The van der Waals surface area contributed by atoms with Crippen molar-refractivity contribution in [2.45, 2.75) is 32.4 Å². The molecule has 120 valence electrons. The monoisotopic (exact) mass is 312 g/mol. The van der Waals surface area contributed by atoms with E-state index in [9.17, 15) is 14.4 Å². The molecule has 0 aromatic heterocycles. The zero-order chi connectivity index (χ0) is 16.4. The number of carbonyl (C=O) groups excluding carboxylic acids is 3. The number of amides is 3. The molecule has 1 aliphatic heterocycles. The third kappa shape index (κ3) is 2.91. The zero-order valence-corrected chi connectivity index (χ0v) is 13.1. The van der Waals surface area contributed by atoms with Crippen LogP contribution in [0.25, 0.3) is 0 Å². The minimum absolute atomic E-state index is 0.216. The number of benzene rings is 1. The molecule has 5 nitrogen and oxygen atoms in total. The number of imide groups is 1. The van der Waals surface area contributed by atoms with Gasteiger partial charge in [-0.05, 0) is 25.3 Å². The van der Waals surface area contributed by atoms with Crippen LogP contribution >= 0.6 is 0 Å². The molecule has 0 radical (unpaired) electrons. The Hall–Kier alpha value is -2.43. The van der Waals surface area contributed by atoms with Gasteiger partial charge in [0.1, 0.15) is 6.04 Å². The molecule has 23 heavy (non-hydrogen) atoms. The fraction of sp³-hybridized carbons (Fsp3) is 0.389. The molecular formula is C18H20N2O3. The molecule has 1 aromatic carbocycles. The van der Waals surface area contributed by atoms with Gasteiger partial charge in [-0.1, -0.05) is 42.5 Å². The third-order valence-corrected chi connectivity index (χ3v) is 4.62. The van der Waals surface area contributed by atoms with E-state index in [-0.39, 0.29) is 29.6 Å². The molecule has 1 N–H and O–H groups in total. The van der Waals surface area contributed by atoms with Gasteiger partial charge < -0.3 is 5.32 Å². The van der Waals surface area contributed by atoms with Crippen LogP contribution in [-0.2, 0) is 20.9 Å². The van der Waals surface area contributed by atoms with E-state index in [0.29, 0.717) is 19.4 Å². The van der Waals surface area contributed by atoms with E-state index in [1.807, 2.05) is 42.5 Å². The Morgan fingerprint density at radius 3 is 2.26 bits per heavy atom. The number of hydrogen-bond acceptors (Lipinski definition) is 3. The molecule has 0 unspecified atom stereocenters. The Morgan fingerprint density at radius 1 is 1.13 bits per heavy atom. The second kappa shape index (κ2) is 6.36. The SMILES string of the molecule is C[C@@H](C(=O)NCc1ccccc1)N1C(=O)[C@H]2CC=CC[C@H]2C1=O. The smallest absolute Gasteiger partial charge is 0.243 e. The van der Waals surface area contributed by atoms with Gasteiger partial charge in [0.05, 0.1) is 11.8 Å². The molecule has 3 rings (SSSR count). The highest BCUT2D eigenvalue weighted by atomic mass is 16.2. The molecule has 1 saturated heterocycles. The normalized spacial score (nSPS) is 24.5. The quantitative estimate of drug-likeness (QED) is 0.679. The summed E-state index contributed by atoms with van der Waals surface area (Å²) in [6.45, 7) is 2.00. The first kappa shape index (κ1) is 15.5. The lowest BCUT2D eigenvalue weighted by molar-refractivity contribution is -0.147. The highest BCUT2D eigenvalue weighted by Crippen LogP contribution is 2.36. The van der Waals surface area contributed by atoms with Gasteiger partial charge in [-0.3, -0.25) is 19.3 Å². The van der Waals surface area contributed by atoms with Crippen molar-refractivity contribution in [3.05, 3.63) is 48.0 Å². The van der Waals surface area contributed by atoms with Gasteiger partial charge in [-0.2, -0.15) is 0 Å². The molecule has 1 aliphatic carbocycles. The predicted octanol–water partition coefficient (Wildman–Crippen LogP) is 1.64. The van der Waals surface area contributed by atoms with Crippen molar-refractivity contribution in [2.24, 2.45) is 11.8 Å². The largest absolute Gasteiger partial charge is 0.350 e. The number of fused-ring (bicyclic) bond motifs is 1. The molecule has 2 aliphatic rings. The van der Waals surface area contributed by atoms with E-state index in [1.165, 1.54) is 0 Å². The van der Waals surface area contributed by atoms with Crippen LogP contribution in [-0.4, -0.2) is 28.7 Å². The maximum atomic E-state index is 12.5. The van der Waals surface area contributed by atoms with Crippen LogP contribution in [0.5, 0.6) is 0 Å². The highest BCUT2D eigenvalue weighted by Gasteiger charge is 2.49. The molecule has 3 atom stereocenters. The second-order valence-electron chi connectivity index (χ2n) is 6.08.